The first-order chi connectivity index (χ1) is 12.2. The lowest BCUT2D eigenvalue weighted by atomic mass is 10.3. The number of carbonyl (C=O) groups is 1. The second-order valence-corrected chi connectivity index (χ2v) is 6.91. The van der Waals surface area contributed by atoms with Gasteiger partial charge in [0.05, 0.1) is 21.5 Å². The lowest BCUT2D eigenvalue weighted by Gasteiger charge is -2.04. The number of anilines is 1. The maximum absolute atomic E-state index is 12.6. The van der Waals surface area contributed by atoms with E-state index in [1.54, 1.807) is 11.4 Å². The number of hydrogen-bond donors (Lipinski definition) is 1. The molecule has 3 heterocycles. The molecule has 0 atom stereocenters. The average Bonchev–Trinajstić information content (AvgIpc) is 3.19. The average molecular weight is 421 g/mol. The highest BCUT2D eigenvalue weighted by molar-refractivity contribution is 7.12. The zero-order chi connectivity index (χ0) is 18.9. The summed E-state index contributed by atoms with van der Waals surface area (Å²) < 4.78 is 38.8. The van der Waals surface area contributed by atoms with Crippen molar-refractivity contribution in [1.29, 1.82) is 0 Å². The van der Waals surface area contributed by atoms with Gasteiger partial charge in [-0.15, -0.1) is 11.3 Å². The van der Waals surface area contributed by atoms with Crippen molar-refractivity contribution >= 4 is 46.3 Å². The van der Waals surface area contributed by atoms with Crippen molar-refractivity contribution in [2.45, 2.75) is 12.7 Å². The number of pyridine rings is 1. The molecule has 5 nitrogen and oxygen atoms in total. The molecular formula is C15H9Cl2F3N4OS. The monoisotopic (exact) mass is 420 g/mol. The topological polar surface area (TPSA) is 59.8 Å². The van der Waals surface area contributed by atoms with E-state index in [-0.39, 0.29) is 17.4 Å². The van der Waals surface area contributed by atoms with Gasteiger partial charge < -0.3 is 5.32 Å². The maximum Gasteiger partial charge on any atom is 0.435 e. The summed E-state index contributed by atoms with van der Waals surface area (Å²) in [7, 11) is 0. The number of aromatic nitrogens is 3. The van der Waals surface area contributed by atoms with E-state index in [0.29, 0.717) is 15.5 Å². The van der Waals surface area contributed by atoms with Crippen LogP contribution in [0, 0.1) is 0 Å². The summed E-state index contributed by atoms with van der Waals surface area (Å²) in [6.07, 6.45) is -1.91. The third-order valence-electron chi connectivity index (χ3n) is 3.19. The van der Waals surface area contributed by atoms with Crippen LogP contribution in [-0.4, -0.2) is 20.7 Å². The molecule has 0 unspecified atom stereocenters. The SMILES string of the molecule is O=C(Nc1ncc(Cl)cc1Cl)c1cc(Cn2ccc(C(F)(F)F)n2)cs1. The zero-order valence-electron chi connectivity index (χ0n) is 12.7. The molecular weight excluding hydrogens is 412 g/mol. The predicted molar refractivity (Wildman–Crippen MR) is 92.9 cm³/mol. The van der Waals surface area contributed by atoms with Gasteiger partial charge in [0, 0.05) is 12.4 Å². The minimum Gasteiger partial charge on any atom is -0.305 e. The largest absolute Gasteiger partial charge is 0.435 e. The van der Waals surface area contributed by atoms with Crippen LogP contribution in [0.4, 0.5) is 19.0 Å². The van der Waals surface area contributed by atoms with E-state index < -0.39 is 17.8 Å². The van der Waals surface area contributed by atoms with Crippen LogP contribution in [0.25, 0.3) is 0 Å². The van der Waals surface area contributed by atoms with Gasteiger partial charge in [-0.2, -0.15) is 18.3 Å². The van der Waals surface area contributed by atoms with E-state index in [2.05, 4.69) is 15.4 Å². The summed E-state index contributed by atoms with van der Waals surface area (Å²) >= 11 is 12.8. The van der Waals surface area contributed by atoms with Gasteiger partial charge >= 0.3 is 6.18 Å². The Bertz CT molecular complexity index is 955. The zero-order valence-corrected chi connectivity index (χ0v) is 15.0. The standard InChI is InChI=1S/C15H9Cl2F3N4OS/c16-9-4-10(17)13(21-5-9)22-14(25)11-3-8(7-26-11)6-24-2-1-12(23-24)15(18,19)20/h1-5,7H,6H2,(H,21,22,25). The Balaban J connectivity index is 1.69. The number of thiophene rings is 1. The molecule has 0 saturated carbocycles. The van der Waals surface area contributed by atoms with Crippen LogP contribution in [0.3, 0.4) is 0 Å². The van der Waals surface area contributed by atoms with Crippen molar-refractivity contribution in [2.24, 2.45) is 0 Å². The van der Waals surface area contributed by atoms with E-state index in [4.69, 9.17) is 23.2 Å². The molecule has 0 aliphatic heterocycles. The fourth-order valence-corrected chi connectivity index (χ4v) is 3.27. The first kappa shape index (κ1) is 18.7. The van der Waals surface area contributed by atoms with Crippen LogP contribution in [-0.2, 0) is 12.7 Å². The van der Waals surface area contributed by atoms with Crippen LogP contribution in [0.5, 0.6) is 0 Å². The first-order valence-electron chi connectivity index (χ1n) is 7.03. The highest BCUT2D eigenvalue weighted by atomic mass is 35.5. The van der Waals surface area contributed by atoms with Crippen LogP contribution in [0.2, 0.25) is 10.0 Å². The molecule has 3 aromatic heterocycles. The summed E-state index contributed by atoms with van der Waals surface area (Å²) in [4.78, 5) is 16.5. The molecule has 0 aromatic carbocycles. The molecule has 0 aliphatic carbocycles. The molecule has 0 spiro atoms. The second kappa shape index (κ2) is 7.26. The van der Waals surface area contributed by atoms with Crippen molar-refractivity contribution < 1.29 is 18.0 Å². The Morgan fingerprint density at radius 2 is 2.08 bits per heavy atom. The van der Waals surface area contributed by atoms with Crippen LogP contribution >= 0.6 is 34.5 Å². The maximum atomic E-state index is 12.6. The molecule has 26 heavy (non-hydrogen) atoms. The number of alkyl halides is 3. The summed E-state index contributed by atoms with van der Waals surface area (Å²) in [5, 5.41) is 8.23. The molecule has 0 aliphatic rings. The van der Waals surface area contributed by atoms with E-state index in [0.717, 1.165) is 22.1 Å². The Morgan fingerprint density at radius 1 is 1.31 bits per heavy atom. The third-order valence-corrected chi connectivity index (χ3v) is 4.67. The fraction of sp³-hybridized carbons (Fsp3) is 0.133. The van der Waals surface area contributed by atoms with Gasteiger partial charge in [0.25, 0.3) is 5.91 Å². The van der Waals surface area contributed by atoms with Gasteiger partial charge in [0.2, 0.25) is 0 Å². The van der Waals surface area contributed by atoms with E-state index >= 15 is 0 Å². The summed E-state index contributed by atoms with van der Waals surface area (Å²) in [5.41, 5.74) is -0.318. The van der Waals surface area contributed by atoms with Crippen LogP contribution in [0.1, 0.15) is 20.9 Å². The number of halogens is 5. The minimum absolute atomic E-state index is 0.111. The number of nitrogens with one attached hydrogen (secondary N) is 1. The van der Waals surface area contributed by atoms with E-state index in [1.165, 1.54) is 18.5 Å². The van der Waals surface area contributed by atoms with Crippen molar-refractivity contribution in [1.82, 2.24) is 14.8 Å². The van der Waals surface area contributed by atoms with Crippen molar-refractivity contribution in [3.8, 4) is 0 Å². The van der Waals surface area contributed by atoms with Crippen LogP contribution < -0.4 is 5.32 Å². The number of hydrogen-bond acceptors (Lipinski definition) is 4. The van der Waals surface area contributed by atoms with Crippen molar-refractivity contribution in [3.05, 3.63) is 62.2 Å². The van der Waals surface area contributed by atoms with Gasteiger partial charge in [-0.3, -0.25) is 9.48 Å². The molecule has 3 aromatic rings. The lowest BCUT2D eigenvalue weighted by Crippen LogP contribution is -2.12. The molecule has 1 amide bonds. The first-order valence-corrected chi connectivity index (χ1v) is 8.66. The lowest BCUT2D eigenvalue weighted by molar-refractivity contribution is -0.141. The molecule has 3 rings (SSSR count). The quantitative estimate of drug-likeness (QED) is 0.648. The highest BCUT2D eigenvalue weighted by Crippen LogP contribution is 2.28. The number of amides is 1. The Hall–Kier alpha value is -2.10. The van der Waals surface area contributed by atoms with Crippen molar-refractivity contribution in [3.63, 3.8) is 0 Å². The minimum atomic E-state index is -4.49. The molecule has 1 N–H and O–H groups in total. The van der Waals surface area contributed by atoms with E-state index in [9.17, 15) is 18.0 Å². The molecule has 136 valence electrons. The van der Waals surface area contributed by atoms with Crippen molar-refractivity contribution in [2.75, 3.05) is 5.32 Å². The van der Waals surface area contributed by atoms with Gasteiger partial charge in [-0.1, -0.05) is 23.2 Å². The molecule has 0 fully saturated rings. The second-order valence-electron chi connectivity index (χ2n) is 5.15. The Labute approximate surface area is 159 Å². The summed E-state index contributed by atoms with van der Waals surface area (Å²) in [6.45, 7) is 0.111. The molecule has 11 heteroatoms. The van der Waals surface area contributed by atoms with Gasteiger partial charge in [-0.05, 0) is 29.1 Å². The molecule has 0 bridgehead atoms. The van der Waals surface area contributed by atoms with Gasteiger partial charge in [0.15, 0.2) is 11.5 Å². The molecule has 0 saturated heterocycles. The normalized spacial score (nSPS) is 11.6. The van der Waals surface area contributed by atoms with Gasteiger partial charge in [-0.25, -0.2) is 4.98 Å². The molecule has 0 radical (unpaired) electrons. The predicted octanol–water partition coefficient (Wildman–Crippen LogP) is 4.97. The number of carbonyl (C=O) groups excluding carboxylic acids is 1. The van der Waals surface area contributed by atoms with Gasteiger partial charge in [0.1, 0.15) is 0 Å². The third kappa shape index (κ3) is 4.35. The smallest absolute Gasteiger partial charge is 0.305 e. The Kier molecular flexibility index (Phi) is 5.22. The Morgan fingerprint density at radius 3 is 2.73 bits per heavy atom. The van der Waals surface area contributed by atoms with E-state index in [1.807, 2.05) is 0 Å². The highest BCUT2D eigenvalue weighted by Gasteiger charge is 2.33. The fourth-order valence-electron chi connectivity index (χ4n) is 2.04. The number of rotatable bonds is 4. The summed E-state index contributed by atoms with van der Waals surface area (Å²) in [5.74, 6) is -0.271. The van der Waals surface area contributed by atoms with Crippen LogP contribution in [0.15, 0.2) is 36.0 Å². The summed E-state index contributed by atoms with van der Waals surface area (Å²) in [6, 6.07) is 3.91. The number of nitrogens with zero attached hydrogens (tertiary/aromatic N) is 3.